The molecule has 0 spiro atoms. The van der Waals surface area contributed by atoms with Crippen molar-refractivity contribution in [1.29, 1.82) is 0 Å². The van der Waals surface area contributed by atoms with E-state index < -0.39 is 12.1 Å². The number of thiophene rings is 1. The minimum atomic E-state index is -4.68. The van der Waals surface area contributed by atoms with Gasteiger partial charge < -0.3 is 4.52 Å². The van der Waals surface area contributed by atoms with Gasteiger partial charge in [-0.2, -0.15) is 23.3 Å². The quantitative estimate of drug-likeness (QED) is 0.683. The van der Waals surface area contributed by atoms with Crippen LogP contribution < -0.4 is 0 Å². The normalized spacial score (nSPS) is 11.8. The lowest BCUT2D eigenvalue weighted by Gasteiger charge is -1.98. The summed E-state index contributed by atoms with van der Waals surface area (Å²) in [6, 6.07) is 3.25. The Balaban J connectivity index is 1.82. The average molecular weight is 329 g/mol. The monoisotopic (exact) mass is 329 g/mol. The fourth-order valence-electron chi connectivity index (χ4n) is 1.66. The van der Waals surface area contributed by atoms with Gasteiger partial charge in [0.25, 0.3) is 0 Å². The summed E-state index contributed by atoms with van der Waals surface area (Å²) in [4.78, 5) is 19.0. The van der Waals surface area contributed by atoms with E-state index in [2.05, 4.69) is 24.7 Å². The molecule has 3 heterocycles. The molecule has 3 rings (SSSR count). The SMILES string of the molecule is O=Cc1ncnn1Cc1ccc(-c2noc(C(F)(F)F)n2)s1. The van der Waals surface area contributed by atoms with E-state index in [9.17, 15) is 18.0 Å². The first-order valence-corrected chi connectivity index (χ1v) is 6.62. The predicted octanol–water partition coefficient (Wildman–Crippen LogP) is 2.27. The first-order chi connectivity index (χ1) is 10.5. The molecule has 3 aromatic heterocycles. The highest BCUT2D eigenvalue weighted by Crippen LogP contribution is 2.31. The summed E-state index contributed by atoms with van der Waals surface area (Å²) in [7, 11) is 0. The van der Waals surface area contributed by atoms with Gasteiger partial charge in [0.2, 0.25) is 5.82 Å². The van der Waals surface area contributed by atoms with Crippen LogP contribution in [-0.4, -0.2) is 31.2 Å². The summed E-state index contributed by atoms with van der Waals surface area (Å²) in [5.41, 5.74) is 0. The number of alkyl halides is 3. The van der Waals surface area contributed by atoms with E-state index in [0.717, 1.165) is 4.88 Å². The van der Waals surface area contributed by atoms with Crippen LogP contribution in [0.5, 0.6) is 0 Å². The van der Waals surface area contributed by atoms with Crippen molar-refractivity contribution in [3.05, 3.63) is 35.1 Å². The summed E-state index contributed by atoms with van der Waals surface area (Å²) in [6.07, 6.45) is -2.87. The molecule has 11 heteroatoms. The van der Waals surface area contributed by atoms with Crippen LogP contribution in [0.4, 0.5) is 13.2 Å². The maximum absolute atomic E-state index is 12.4. The second-order valence-corrected chi connectivity index (χ2v) is 5.25. The summed E-state index contributed by atoms with van der Waals surface area (Å²) in [5, 5.41) is 7.19. The summed E-state index contributed by atoms with van der Waals surface area (Å²) in [5.74, 6) is -1.37. The molecule has 0 amide bonds. The molecule has 7 nitrogen and oxygen atoms in total. The van der Waals surface area contributed by atoms with Crippen LogP contribution in [0.1, 0.15) is 21.4 Å². The van der Waals surface area contributed by atoms with E-state index in [0.29, 0.717) is 11.2 Å². The minimum absolute atomic E-state index is 0.141. The average Bonchev–Trinajstić information content (AvgIpc) is 3.17. The van der Waals surface area contributed by atoms with Gasteiger partial charge in [-0.25, -0.2) is 9.67 Å². The zero-order valence-electron chi connectivity index (χ0n) is 10.6. The number of carbonyl (C=O) groups excluding carboxylic acids is 1. The van der Waals surface area contributed by atoms with Crippen LogP contribution >= 0.6 is 11.3 Å². The number of hydrogen-bond acceptors (Lipinski definition) is 7. The molecule has 22 heavy (non-hydrogen) atoms. The Morgan fingerprint density at radius 3 is 2.86 bits per heavy atom. The highest BCUT2D eigenvalue weighted by atomic mass is 32.1. The predicted molar refractivity (Wildman–Crippen MR) is 67.1 cm³/mol. The number of carbonyl (C=O) groups is 1. The smallest absolute Gasteiger partial charge is 0.329 e. The molecular formula is C11H6F3N5O2S. The third-order valence-electron chi connectivity index (χ3n) is 2.61. The first kappa shape index (κ1) is 14.4. The van der Waals surface area contributed by atoms with E-state index >= 15 is 0 Å². The molecule has 0 atom stereocenters. The van der Waals surface area contributed by atoms with Crippen LogP contribution in [0.25, 0.3) is 10.7 Å². The molecule has 3 aromatic rings. The highest BCUT2D eigenvalue weighted by Gasteiger charge is 2.38. The van der Waals surface area contributed by atoms with E-state index in [4.69, 9.17) is 0 Å². The lowest BCUT2D eigenvalue weighted by Crippen LogP contribution is -2.04. The molecule has 0 aromatic carbocycles. The largest absolute Gasteiger partial charge is 0.471 e. The Bertz CT molecular complexity index is 807. The highest BCUT2D eigenvalue weighted by molar-refractivity contribution is 7.15. The van der Waals surface area contributed by atoms with Gasteiger partial charge in [0.15, 0.2) is 12.1 Å². The van der Waals surface area contributed by atoms with Crippen molar-refractivity contribution < 1.29 is 22.5 Å². The maximum Gasteiger partial charge on any atom is 0.471 e. The van der Waals surface area contributed by atoms with Crippen molar-refractivity contribution in [1.82, 2.24) is 24.9 Å². The second kappa shape index (κ2) is 5.33. The number of hydrogen-bond donors (Lipinski definition) is 0. The minimum Gasteiger partial charge on any atom is -0.329 e. The zero-order valence-corrected chi connectivity index (χ0v) is 11.4. The van der Waals surface area contributed by atoms with E-state index in [1.54, 1.807) is 12.1 Å². The number of nitrogens with zero attached hydrogens (tertiary/aromatic N) is 5. The van der Waals surface area contributed by atoms with Gasteiger partial charge in [-0.05, 0) is 12.1 Å². The zero-order chi connectivity index (χ0) is 15.7. The van der Waals surface area contributed by atoms with Crippen LogP contribution in [0.3, 0.4) is 0 Å². The van der Waals surface area contributed by atoms with Gasteiger partial charge in [-0.3, -0.25) is 4.79 Å². The molecule has 0 aliphatic rings. The molecule has 0 saturated heterocycles. The van der Waals surface area contributed by atoms with Crippen molar-refractivity contribution in [3.63, 3.8) is 0 Å². The van der Waals surface area contributed by atoms with Gasteiger partial charge in [0.05, 0.1) is 11.4 Å². The molecule has 0 bridgehead atoms. The maximum atomic E-state index is 12.4. The van der Waals surface area contributed by atoms with Gasteiger partial charge in [-0.1, -0.05) is 5.16 Å². The van der Waals surface area contributed by atoms with E-state index in [1.807, 2.05) is 0 Å². The van der Waals surface area contributed by atoms with Crippen LogP contribution in [-0.2, 0) is 12.7 Å². The van der Waals surface area contributed by atoms with Gasteiger partial charge in [0, 0.05) is 4.88 Å². The Labute approximate surface area is 124 Å². The van der Waals surface area contributed by atoms with Gasteiger partial charge in [-0.15, -0.1) is 11.3 Å². The molecule has 0 fully saturated rings. The third kappa shape index (κ3) is 2.74. The van der Waals surface area contributed by atoms with Crippen LogP contribution in [0.2, 0.25) is 0 Å². The summed E-state index contributed by atoms with van der Waals surface area (Å²) < 4.78 is 42.8. The number of halogens is 3. The lowest BCUT2D eigenvalue weighted by molar-refractivity contribution is -0.159. The first-order valence-electron chi connectivity index (χ1n) is 5.80. The molecule has 0 saturated carbocycles. The van der Waals surface area contributed by atoms with Crippen molar-refractivity contribution in [2.45, 2.75) is 12.7 Å². The molecule has 0 unspecified atom stereocenters. The fourth-order valence-corrected chi connectivity index (χ4v) is 2.57. The summed E-state index contributed by atoms with van der Waals surface area (Å²) in [6.45, 7) is 0.267. The van der Waals surface area contributed by atoms with Gasteiger partial charge in [0.1, 0.15) is 6.33 Å². The molecule has 0 aliphatic heterocycles. The van der Waals surface area contributed by atoms with Crippen molar-refractivity contribution in [2.24, 2.45) is 0 Å². The fraction of sp³-hybridized carbons (Fsp3) is 0.182. The van der Waals surface area contributed by atoms with E-state index in [-0.39, 0.29) is 18.2 Å². The standard InChI is InChI=1S/C11H6F3N5O2S/c12-11(13,14)10-17-9(18-21-10)7-2-1-6(22-7)3-19-8(4-20)15-5-16-19/h1-2,4-5H,3H2. The Morgan fingerprint density at radius 2 is 2.18 bits per heavy atom. The van der Waals surface area contributed by atoms with Gasteiger partial charge >= 0.3 is 12.1 Å². The molecule has 0 aliphatic carbocycles. The Kier molecular flexibility index (Phi) is 3.48. The molecule has 0 radical (unpaired) electrons. The molecular weight excluding hydrogens is 323 g/mol. The third-order valence-corrected chi connectivity index (χ3v) is 3.67. The lowest BCUT2D eigenvalue weighted by atomic mass is 10.4. The van der Waals surface area contributed by atoms with Crippen LogP contribution in [0, 0.1) is 0 Å². The number of aromatic nitrogens is 5. The topological polar surface area (TPSA) is 86.7 Å². The van der Waals surface area contributed by atoms with E-state index in [1.165, 1.54) is 22.3 Å². The molecule has 0 N–H and O–H groups in total. The summed E-state index contributed by atoms with van der Waals surface area (Å²) >= 11 is 1.17. The number of aldehydes is 1. The Morgan fingerprint density at radius 1 is 1.36 bits per heavy atom. The second-order valence-electron chi connectivity index (χ2n) is 4.08. The molecule has 114 valence electrons. The Hall–Kier alpha value is -2.56. The number of rotatable bonds is 4. The van der Waals surface area contributed by atoms with Crippen LogP contribution in [0.15, 0.2) is 23.0 Å². The van der Waals surface area contributed by atoms with Crippen molar-refractivity contribution in [3.8, 4) is 10.7 Å². The van der Waals surface area contributed by atoms with Crippen molar-refractivity contribution in [2.75, 3.05) is 0 Å². The van der Waals surface area contributed by atoms with Crippen molar-refractivity contribution >= 4 is 17.6 Å².